The normalized spacial score (nSPS) is 15.7. The number of hydrogen-bond donors (Lipinski definition) is 2. The van der Waals surface area contributed by atoms with Crippen LogP contribution in [-0.2, 0) is 9.84 Å². The second-order valence-electron chi connectivity index (χ2n) is 5.08. The monoisotopic (exact) mass is 340 g/mol. The molecule has 0 unspecified atom stereocenters. The van der Waals surface area contributed by atoms with Crippen LogP contribution in [0.5, 0.6) is 0 Å². The summed E-state index contributed by atoms with van der Waals surface area (Å²) in [4.78, 5) is 5.85. The van der Waals surface area contributed by atoms with Crippen LogP contribution in [-0.4, -0.2) is 46.6 Å². The molecule has 3 rings (SSSR count). The number of halogens is 1. The fraction of sp³-hybridized carbons (Fsp3) is 0.357. The van der Waals surface area contributed by atoms with Crippen LogP contribution in [0.3, 0.4) is 0 Å². The van der Waals surface area contributed by atoms with Crippen molar-refractivity contribution in [2.75, 3.05) is 43.4 Å². The van der Waals surface area contributed by atoms with Crippen molar-refractivity contribution >= 4 is 21.7 Å². The second-order valence-corrected chi connectivity index (χ2v) is 6.94. The van der Waals surface area contributed by atoms with Gasteiger partial charge in [-0.15, -0.1) is 0 Å². The highest BCUT2D eigenvalue weighted by Gasteiger charge is 2.29. The molecule has 1 aliphatic heterocycles. The average Bonchev–Trinajstić information content (AvgIpc) is 3.01. The summed E-state index contributed by atoms with van der Waals surface area (Å²) < 4.78 is 44.3. The van der Waals surface area contributed by atoms with E-state index in [-0.39, 0.29) is 21.8 Å². The number of nitrogens with zero attached hydrogens (tertiary/aromatic N) is 2. The van der Waals surface area contributed by atoms with Gasteiger partial charge in [0.2, 0.25) is 20.7 Å². The van der Waals surface area contributed by atoms with E-state index in [1.807, 2.05) is 4.90 Å². The van der Waals surface area contributed by atoms with E-state index in [9.17, 15) is 12.8 Å². The number of benzene rings is 1. The zero-order chi connectivity index (χ0) is 16.4. The van der Waals surface area contributed by atoms with Crippen LogP contribution >= 0.6 is 0 Å². The molecule has 1 fully saturated rings. The van der Waals surface area contributed by atoms with Crippen LogP contribution < -0.4 is 15.5 Å². The highest BCUT2D eigenvalue weighted by Crippen LogP contribution is 2.31. The molecule has 1 aliphatic rings. The van der Waals surface area contributed by atoms with Gasteiger partial charge in [0.1, 0.15) is 5.82 Å². The SMILES string of the molecule is CNc1oc(N2CCNCC2)nc1S(=O)(=O)c1cccc(F)c1. The zero-order valence-corrected chi connectivity index (χ0v) is 13.4. The van der Waals surface area contributed by atoms with Gasteiger partial charge < -0.3 is 20.0 Å². The quantitative estimate of drug-likeness (QED) is 0.862. The molecular weight excluding hydrogens is 323 g/mol. The smallest absolute Gasteiger partial charge is 0.300 e. The molecule has 0 aliphatic carbocycles. The minimum Gasteiger partial charge on any atom is -0.406 e. The maximum Gasteiger partial charge on any atom is 0.300 e. The number of hydrogen-bond acceptors (Lipinski definition) is 7. The van der Waals surface area contributed by atoms with Gasteiger partial charge in [-0.3, -0.25) is 0 Å². The summed E-state index contributed by atoms with van der Waals surface area (Å²) >= 11 is 0. The van der Waals surface area contributed by atoms with Gasteiger partial charge in [0.05, 0.1) is 4.90 Å². The molecule has 0 saturated carbocycles. The van der Waals surface area contributed by atoms with Crippen LogP contribution in [0.2, 0.25) is 0 Å². The Bertz CT molecular complexity index is 800. The molecule has 0 radical (unpaired) electrons. The molecule has 2 heterocycles. The van der Waals surface area contributed by atoms with Crippen LogP contribution in [0, 0.1) is 5.82 Å². The second kappa shape index (κ2) is 6.17. The summed E-state index contributed by atoms with van der Waals surface area (Å²) in [5.74, 6) is -0.578. The number of anilines is 2. The number of oxazole rings is 1. The van der Waals surface area contributed by atoms with Gasteiger partial charge in [-0.25, -0.2) is 12.8 Å². The number of aromatic nitrogens is 1. The molecule has 9 heteroatoms. The third-order valence-corrected chi connectivity index (χ3v) is 5.22. The molecule has 7 nitrogen and oxygen atoms in total. The zero-order valence-electron chi connectivity index (χ0n) is 12.5. The molecule has 1 saturated heterocycles. The van der Waals surface area contributed by atoms with Crippen LogP contribution in [0.1, 0.15) is 0 Å². The van der Waals surface area contributed by atoms with E-state index in [0.29, 0.717) is 13.1 Å². The maximum absolute atomic E-state index is 13.4. The van der Waals surface area contributed by atoms with Crippen LogP contribution in [0.4, 0.5) is 16.3 Å². The summed E-state index contributed by atoms with van der Waals surface area (Å²) in [7, 11) is -2.42. The third-order valence-electron chi connectivity index (χ3n) is 3.56. The van der Waals surface area contributed by atoms with Gasteiger partial charge in [0, 0.05) is 33.2 Å². The van der Waals surface area contributed by atoms with Gasteiger partial charge in [0.25, 0.3) is 0 Å². The van der Waals surface area contributed by atoms with Crippen molar-refractivity contribution in [3.05, 3.63) is 30.1 Å². The van der Waals surface area contributed by atoms with E-state index >= 15 is 0 Å². The van der Waals surface area contributed by atoms with E-state index in [1.165, 1.54) is 18.2 Å². The van der Waals surface area contributed by atoms with Crippen LogP contribution in [0.15, 0.2) is 38.6 Å². The Balaban J connectivity index is 2.02. The van der Waals surface area contributed by atoms with Gasteiger partial charge in [-0.05, 0) is 18.2 Å². The van der Waals surface area contributed by atoms with Crippen molar-refractivity contribution in [1.82, 2.24) is 10.3 Å². The Kier molecular flexibility index (Phi) is 4.22. The highest BCUT2D eigenvalue weighted by atomic mass is 32.2. The largest absolute Gasteiger partial charge is 0.406 e. The third kappa shape index (κ3) is 3.02. The summed E-state index contributed by atoms with van der Waals surface area (Å²) in [6.45, 7) is 2.87. The molecule has 2 N–H and O–H groups in total. The Labute approximate surface area is 133 Å². The molecule has 124 valence electrons. The van der Waals surface area contributed by atoms with Gasteiger partial charge in [-0.2, -0.15) is 4.98 Å². The molecule has 0 atom stereocenters. The summed E-state index contributed by atoms with van der Waals surface area (Å²) in [6, 6.07) is 5.07. The number of piperazine rings is 1. The minimum atomic E-state index is -3.97. The van der Waals surface area contributed by atoms with E-state index < -0.39 is 15.7 Å². The van der Waals surface area contributed by atoms with Crippen molar-refractivity contribution < 1.29 is 17.2 Å². The van der Waals surface area contributed by atoms with Crippen molar-refractivity contribution in [2.45, 2.75) is 9.92 Å². The first-order valence-electron chi connectivity index (χ1n) is 7.17. The van der Waals surface area contributed by atoms with Gasteiger partial charge >= 0.3 is 6.01 Å². The van der Waals surface area contributed by atoms with E-state index in [2.05, 4.69) is 15.6 Å². The van der Waals surface area contributed by atoms with Gasteiger partial charge in [0.15, 0.2) is 0 Å². The summed E-state index contributed by atoms with van der Waals surface area (Å²) in [5, 5.41) is 5.66. The topological polar surface area (TPSA) is 87.5 Å². The Hall–Kier alpha value is -2.13. The first-order valence-corrected chi connectivity index (χ1v) is 8.65. The van der Waals surface area contributed by atoms with E-state index in [0.717, 1.165) is 19.2 Å². The fourth-order valence-corrected chi connectivity index (χ4v) is 3.71. The predicted molar refractivity (Wildman–Crippen MR) is 83.0 cm³/mol. The Morgan fingerprint density at radius 3 is 2.74 bits per heavy atom. The van der Waals surface area contributed by atoms with E-state index in [4.69, 9.17) is 4.42 Å². The molecule has 0 bridgehead atoms. The molecule has 2 aromatic rings. The number of rotatable bonds is 4. The maximum atomic E-state index is 13.4. The van der Waals surface area contributed by atoms with Crippen molar-refractivity contribution in [2.24, 2.45) is 0 Å². The van der Waals surface area contributed by atoms with Crippen molar-refractivity contribution in [3.8, 4) is 0 Å². The number of sulfone groups is 1. The van der Waals surface area contributed by atoms with Crippen LogP contribution in [0.25, 0.3) is 0 Å². The lowest BCUT2D eigenvalue weighted by atomic mass is 10.4. The lowest BCUT2D eigenvalue weighted by Crippen LogP contribution is -2.43. The summed E-state index contributed by atoms with van der Waals surface area (Å²) in [6.07, 6.45) is 0. The highest BCUT2D eigenvalue weighted by molar-refractivity contribution is 7.91. The Morgan fingerprint density at radius 1 is 1.35 bits per heavy atom. The standard InChI is InChI=1S/C14H17FN4O3S/c1-16-12-13(18-14(22-12)19-7-5-17-6-8-19)23(20,21)11-4-2-3-10(15)9-11/h2-4,9,16-17H,5-8H2,1H3. The minimum absolute atomic E-state index is 0.0443. The summed E-state index contributed by atoms with van der Waals surface area (Å²) in [5.41, 5.74) is 0. The average molecular weight is 340 g/mol. The number of nitrogens with one attached hydrogen (secondary N) is 2. The lowest BCUT2D eigenvalue weighted by Gasteiger charge is -2.25. The molecule has 0 amide bonds. The molecular formula is C14H17FN4O3S. The first kappa shape index (κ1) is 15.8. The van der Waals surface area contributed by atoms with E-state index in [1.54, 1.807) is 7.05 Å². The molecule has 23 heavy (non-hydrogen) atoms. The molecule has 0 spiro atoms. The first-order chi connectivity index (χ1) is 11.0. The lowest BCUT2D eigenvalue weighted by molar-refractivity contribution is 0.506. The fourth-order valence-electron chi connectivity index (χ4n) is 2.37. The molecule has 1 aromatic carbocycles. The van der Waals surface area contributed by atoms with Crippen molar-refractivity contribution in [3.63, 3.8) is 0 Å². The predicted octanol–water partition coefficient (Wildman–Crippen LogP) is 1.10. The van der Waals surface area contributed by atoms with Crippen molar-refractivity contribution in [1.29, 1.82) is 0 Å². The Morgan fingerprint density at radius 2 is 2.09 bits per heavy atom. The van der Waals surface area contributed by atoms with Gasteiger partial charge in [-0.1, -0.05) is 6.07 Å². The molecule has 1 aromatic heterocycles.